The van der Waals surface area contributed by atoms with E-state index in [0.717, 1.165) is 64.6 Å². The Kier molecular flexibility index (Phi) is 11.2. The number of carbonyl (C=O) groups is 2. The lowest BCUT2D eigenvalue weighted by Gasteiger charge is -2.24. The highest BCUT2D eigenvalue weighted by atomic mass is 35.5. The van der Waals surface area contributed by atoms with Crippen molar-refractivity contribution in [3.05, 3.63) is 57.3 Å². The molecule has 1 atom stereocenters. The van der Waals surface area contributed by atoms with E-state index in [0.29, 0.717) is 40.1 Å². The molecular weight excluding hydrogens is 682 g/mol. The van der Waals surface area contributed by atoms with Gasteiger partial charge in [0, 0.05) is 60.8 Å². The Bertz CT molecular complexity index is 1940. The molecular formula is C32H40ClN5O8S2. The predicted octanol–water partition coefficient (Wildman–Crippen LogP) is 5.24. The van der Waals surface area contributed by atoms with Crippen LogP contribution in [0.2, 0.25) is 5.02 Å². The van der Waals surface area contributed by atoms with Gasteiger partial charge >= 0.3 is 11.9 Å². The van der Waals surface area contributed by atoms with E-state index in [1.807, 2.05) is 35.5 Å². The second-order valence-corrected chi connectivity index (χ2v) is 14.7. The number of aromatic nitrogens is 5. The molecule has 0 aliphatic carbocycles. The van der Waals surface area contributed by atoms with Crippen LogP contribution in [-0.4, -0.2) is 71.6 Å². The molecule has 0 saturated carbocycles. The van der Waals surface area contributed by atoms with Crippen LogP contribution in [0.15, 0.2) is 18.2 Å². The highest BCUT2D eigenvalue weighted by molar-refractivity contribution is 7.97. The van der Waals surface area contributed by atoms with Crippen molar-refractivity contribution < 1.29 is 36.4 Å². The fourth-order valence-corrected chi connectivity index (χ4v) is 7.64. The molecule has 0 bridgehead atoms. The molecule has 0 N–H and O–H groups in total. The maximum Gasteiger partial charge on any atom is 0.354 e. The second kappa shape index (κ2) is 15.0. The maximum atomic E-state index is 13.1. The maximum absolute atomic E-state index is 13.1. The summed E-state index contributed by atoms with van der Waals surface area (Å²) < 4.78 is 49.7. The Morgan fingerprint density at radius 1 is 1.10 bits per heavy atom. The van der Waals surface area contributed by atoms with E-state index >= 15 is 0 Å². The third-order valence-corrected chi connectivity index (χ3v) is 10.3. The summed E-state index contributed by atoms with van der Waals surface area (Å²) in [5, 5.41) is 10.8. The van der Waals surface area contributed by atoms with Crippen LogP contribution in [0.25, 0.3) is 22.0 Å². The zero-order chi connectivity index (χ0) is 34.7. The van der Waals surface area contributed by atoms with Crippen molar-refractivity contribution in [2.75, 3.05) is 27.1 Å². The molecule has 4 aromatic rings. The van der Waals surface area contributed by atoms with Crippen LogP contribution in [0.3, 0.4) is 0 Å². The lowest BCUT2D eigenvalue weighted by atomic mass is 9.98. The van der Waals surface area contributed by atoms with Crippen LogP contribution in [0.1, 0.15) is 70.7 Å². The van der Waals surface area contributed by atoms with Gasteiger partial charge < -0.3 is 18.8 Å². The zero-order valence-corrected chi connectivity index (χ0v) is 30.3. The molecule has 0 amide bonds. The van der Waals surface area contributed by atoms with Crippen molar-refractivity contribution in [3.63, 3.8) is 0 Å². The lowest BCUT2D eigenvalue weighted by molar-refractivity contribution is -0.140. The Morgan fingerprint density at radius 3 is 2.54 bits per heavy atom. The van der Waals surface area contributed by atoms with Gasteiger partial charge in [-0.05, 0) is 50.3 Å². The number of rotatable bonds is 13. The normalized spacial score (nSPS) is 15.3. The number of halogens is 1. The highest BCUT2D eigenvalue weighted by Crippen LogP contribution is 2.43. The number of esters is 2. The fourth-order valence-electron chi connectivity index (χ4n) is 6.13. The van der Waals surface area contributed by atoms with Crippen LogP contribution in [0, 0.1) is 6.92 Å². The predicted molar refractivity (Wildman–Crippen MR) is 182 cm³/mol. The Balaban J connectivity index is 1.51. The molecule has 5 rings (SSSR count). The van der Waals surface area contributed by atoms with Gasteiger partial charge in [-0.1, -0.05) is 17.7 Å². The van der Waals surface area contributed by atoms with E-state index in [9.17, 15) is 18.0 Å². The van der Waals surface area contributed by atoms with Gasteiger partial charge in [-0.25, -0.2) is 9.48 Å². The van der Waals surface area contributed by atoms with E-state index in [4.69, 9.17) is 35.1 Å². The molecule has 1 saturated heterocycles. The third-order valence-electron chi connectivity index (χ3n) is 8.45. The summed E-state index contributed by atoms with van der Waals surface area (Å²) in [5.74, 6) is 0.159. The first-order chi connectivity index (χ1) is 22.8. The number of benzene rings is 1. The molecule has 1 aromatic carbocycles. The number of hydrogen-bond acceptors (Lipinski definition) is 11. The van der Waals surface area contributed by atoms with Crippen molar-refractivity contribution in [1.82, 2.24) is 24.1 Å². The van der Waals surface area contributed by atoms with Gasteiger partial charge in [-0.3, -0.25) is 13.7 Å². The quantitative estimate of drug-likeness (QED) is 0.132. The molecule has 1 unspecified atom stereocenters. The smallest absolute Gasteiger partial charge is 0.354 e. The van der Waals surface area contributed by atoms with Crippen molar-refractivity contribution in [1.29, 1.82) is 0 Å². The van der Waals surface area contributed by atoms with Gasteiger partial charge in [0.1, 0.15) is 18.5 Å². The van der Waals surface area contributed by atoms with Gasteiger partial charge in [-0.2, -0.15) is 18.6 Å². The Labute approximate surface area is 288 Å². The minimum atomic E-state index is -3.63. The van der Waals surface area contributed by atoms with Crippen LogP contribution in [-0.2, 0) is 71.9 Å². The van der Waals surface area contributed by atoms with Crippen LogP contribution < -0.4 is 0 Å². The van der Waals surface area contributed by atoms with E-state index in [1.54, 1.807) is 29.4 Å². The number of methoxy groups -OCH3 is 2. The Morgan fingerprint density at radius 2 is 1.88 bits per heavy atom. The third kappa shape index (κ3) is 7.59. The lowest BCUT2D eigenvalue weighted by Crippen LogP contribution is -2.21. The number of ether oxygens (including phenoxy) is 3. The molecule has 1 aliphatic rings. The average Bonchev–Trinajstić information content (AvgIpc) is 3.69. The highest BCUT2D eigenvalue weighted by Gasteiger charge is 2.28. The number of aryl methyl sites for hydroxylation is 3. The van der Waals surface area contributed by atoms with Gasteiger partial charge in [-0.15, -0.1) is 11.8 Å². The minimum Gasteiger partial charge on any atom is -0.469 e. The van der Waals surface area contributed by atoms with Crippen molar-refractivity contribution in [3.8, 4) is 11.1 Å². The molecule has 0 radical (unpaired) electrons. The zero-order valence-electron chi connectivity index (χ0n) is 27.9. The molecule has 3 aromatic heterocycles. The van der Waals surface area contributed by atoms with Crippen molar-refractivity contribution >= 4 is 56.3 Å². The first-order valence-electron chi connectivity index (χ1n) is 15.4. The summed E-state index contributed by atoms with van der Waals surface area (Å²) in [5.41, 5.74) is 6.40. The van der Waals surface area contributed by atoms with E-state index in [-0.39, 0.29) is 31.6 Å². The van der Waals surface area contributed by atoms with E-state index in [2.05, 4.69) is 5.10 Å². The van der Waals surface area contributed by atoms with Crippen molar-refractivity contribution in [2.45, 2.75) is 63.4 Å². The van der Waals surface area contributed by atoms with Crippen LogP contribution in [0.5, 0.6) is 0 Å². The first-order valence-corrected chi connectivity index (χ1v) is 18.8. The summed E-state index contributed by atoms with van der Waals surface area (Å²) in [4.78, 5) is 25.1. The summed E-state index contributed by atoms with van der Waals surface area (Å²) in [6, 6.07) is 5.51. The Hall–Kier alpha value is -3.37. The summed E-state index contributed by atoms with van der Waals surface area (Å²) in [7, 11) is 2.69. The van der Waals surface area contributed by atoms with Gasteiger partial charge in [0.05, 0.1) is 48.1 Å². The van der Waals surface area contributed by atoms with Crippen LogP contribution in [0.4, 0.5) is 0 Å². The molecule has 260 valence electrons. The monoisotopic (exact) mass is 721 g/mol. The topological polar surface area (TPSA) is 146 Å². The number of nitrogens with zero attached hydrogens (tertiary/aromatic N) is 5. The molecule has 4 heterocycles. The first kappa shape index (κ1) is 35.9. The molecule has 1 fully saturated rings. The second-order valence-electron chi connectivity index (χ2n) is 11.7. The van der Waals surface area contributed by atoms with Crippen molar-refractivity contribution in [2.24, 2.45) is 14.1 Å². The SMILES string of the molecule is COC(=O)CCc1c(C(=O)OC)n(C)c2c(-c3c(CSCc4cc(COS(C)(=O)=O)nn4C4CCCCO4)nn(C)c3C)c(Cl)ccc12. The van der Waals surface area contributed by atoms with Crippen LogP contribution >= 0.6 is 23.4 Å². The average molecular weight is 722 g/mol. The van der Waals surface area contributed by atoms with Gasteiger partial charge in [0.25, 0.3) is 10.1 Å². The summed E-state index contributed by atoms with van der Waals surface area (Å²) >= 11 is 8.59. The van der Waals surface area contributed by atoms with Gasteiger partial charge in [0.2, 0.25) is 0 Å². The molecule has 13 nitrogen and oxygen atoms in total. The summed E-state index contributed by atoms with van der Waals surface area (Å²) in [6.45, 7) is 2.45. The number of thioether (sulfide) groups is 1. The largest absolute Gasteiger partial charge is 0.469 e. The molecule has 1 aliphatic heterocycles. The van der Waals surface area contributed by atoms with Gasteiger partial charge in [0.15, 0.2) is 0 Å². The number of carbonyl (C=O) groups excluding carboxylic acids is 2. The molecule has 16 heteroatoms. The molecule has 0 spiro atoms. The van der Waals surface area contributed by atoms with E-state index in [1.165, 1.54) is 14.2 Å². The molecule has 48 heavy (non-hydrogen) atoms. The number of hydrogen-bond donors (Lipinski definition) is 0. The number of fused-ring (bicyclic) bond motifs is 1. The van der Waals surface area contributed by atoms with E-state index < -0.39 is 16.1 Å². The summed E-state index contributed by atoms with van der Waals surface area (Å²) in [6.07, 6.45) is 3.95. The minimum absolute atomic E-state index is 0.0932. The fraction of sp³-hybridized carbons (Fsp3) is 0.500. The standard InChI is InChI=1S/C32H40ClN5O8S2/c1-19-28(29-24(33)12-10-22-23(11-13-27(39)43-4)31(32(40)44-5)36(2)30(22)29)25(35-37(19)3)18-47-17-21-15-20(16-46-48(6,41)42)34-38(21)26-9-7-8-14-45-26/h10,12,15,26H,7-9,11,13-14,16-18H2,1-6H3.